The van der Waals surface area contributed by atoms with Crippen molar-refractivity contribution in [3.8, 4) is 6.07 Å². The lowest BCUT2D eigenvalue weighted by atomic mass is 10.2. The van der Waals surface area contributed by atoms with Crippen molar-refractivity contribution in [1.82, 2.24) is 0 Å². The first-order valence-corrected chi connectivity index (χ1v) is 8.48. The quantitative estimate of drug-likeness (QED) is 0.826. The SMILES string of the molecule is N#Cc1cccc(S(=O)(=O)Nc2c(Br)cccc2Br)c1. The maximum atomic E-state index is 12.3. The van der Waals surface area contributed by atoms with Crippen molar-refractivity contribution in [2.24, 2.45) is 0 Å². The third-order valence-electron chi connectivity index (χ3n) is 2.47. The number of hydrogen-bond acceptors (Lipinski definition) is 3. The van der Waals surface area contributed by atoms with Gasteiger partial charge in [-0.15, -0.1) is 0 Å². The van der Waals surface area contributed by atoms with Crippen LogP contribution >= 0.6 is 31.9 Å². The largest absolute Gasteiger partial charge is 0.277 e. The van der Waals surface area contributed by atoms with Gasteiger partial charge in [-0.2, -0.15) is 5.26 Å². The van der Waals surface area contributed by atoms with Gasteiger partial charge in [0.2, 0.25) is 0 Å². The van der Waals surface area contributed by atoms with Gasteiger partial charge in [-0.1, -0.05) is 12.1 Å². The van der Waals surface area contributed by atoms with Crippen molar-refractivity contribution < 1.29 is 8.42 Å². The second-order valence-electron chi connectivity index (χ2n) is 3.84. The zero-order chi connectivity index (χ0) is 14.8. The summed E-state index contributed by atoms with van der Waals surface area (Å²) >= 11 is 6.58. The highest BCUT2D eigenvalue weighted by Crippen LogP contribution is 2.32. The summed E-state index contributed by atoms with van der Waals surface area (Å²) in [5.41, 5.74) is 0.703. The molecule has 0 spiro atoms. The molecule has 20 heavy (non-hydrogen) atoms. The number of halogens is 2. The summed E-state index contributed by atoms with van der Waals surface area (Å²) in [4.78, 5) is 0.0409. The van der Waals surface area contributed by atoms with E-state index in [-0.39, 0.29) is 4.90 Å². The Balaban J connectivity index is 2.44. The van der Waals surface area contributed by atoms with Crippen molar-refractivity contribution in [2.45, 2.75) is 4.90 Å². The third kappa shape index (κ3) is 3.20. The number of benzene rings is 2. The zero-order valence-electron chi connectivity index (χ0n) is 9.97. The molecule has 0 aliphatic heterocycles. The predicted molar refractivity (Wildman–Crippen MR) is 83.8 cm³/mol. The fourth-order valence-corrected chi connectivity index (χ4v) is 4.13. The van der Waals surface area contributed by atoms with Gasteiger partial charge >= 0.3 is 0 Å². The van der Waals surface area contributed by atoms with E-state index in [1.54, 1.807) is 24.3 Å². The number of sulfonamides is 1. The maximum absolute atomic E-state index is 12.3. The van der Waals surface area contributed by atoms with E-state index in [9.17, 15) is 8.42 Å². The molecular weight excluding hydrogens is 408 g/mol. The highest BCUT2D eigenvalue weighted by atomic mass is 79.9. The topological polar surface area (TPSA) is 70.0 Å². The van der Waals surface area contributed by atoms with Crippen molar-refractivity contribution in [3.63, 3.8) is 0 Å². The van der Waals surface area contributed by atoms with Crippen LogP contribution in [-0.4, -0.2) is 8.42 Å². The molecule has 0 aliphatic rings. The Kier molecular flexibility index (Phi) is 4.48. The number of para-hydroxylation sites is 1. The highest BCUT2D eigenvalue weighted by molar-refractivity contribution is 9.11. The van der Waals surface area contributed by atoms with Crippen LogP contribution < -0.4 is 4.72 Å². The Morgan fingerprint density at radius 2 is 1.65 bits per heavy atom. The van der Waals surface area contributed by atoms with E-state index >= 15 is 0 Å². The summed E-state index contributed by atoms with van der Waals surface area (Å²) in [5, 5.41) is 8.83. The molecule has 0 unspecified atom stereocenters. The van der Waals surface area contributed by atoms with E-state index in [2.05, 4.69) is 36.6 Å². The first-order valence-electron chi connectivity index (χ1n) is 5.41. The molecule has 0 saturated heterocycles. The van der Waals surface area contributed by atoms with Crippen molar-refractivity contribution >= 4 is 47.6 Å². The standard InChI is InChI=1S/C13H8Br2N2O2S/c14-11-5-2-6-12(15)13(11)17-20(18,19)10-4-1-3-9(7-10)8-16/h1-7,17H. The molecule has 4 nitrogen and oxygen atoms in total. The molecule has 0 heterocycles. The minimum Gasteiger partial charge on any atom is -0.277 e. The van der Waals surface area contributed by atoms with Crippen LogP contribution in [-0.2, 0) is 10.0 Å². The Morgan fingerprint density at radius 3 is 2.25 bits per heavy atom. The van der Waals surface area contributed by atoms with Crippen LogP contribution in [0, 0.1) is 11.3 Å². The fourth-order valence-electron chi connectivity index (χ4n) is 1.52. The normalized spacial score (nSPS) is 10.8. The van der Waals surface area contributed by atoms with E-state index in [1.807, 2.05) is 6.07 Å². The van der Waals surface area contributed by atoms with E-state index in [0.717, 1.165) is 0 Å². The lowest BCUT2D eigenvalue weighted by molar-refractivity contribution is 0.601. The van der Waals surface area contributed by atoms with Crippen LogP contribution in [0.25, 0.3) is 0 Å². The zero-order valence-corrected chi connectivity index (χ0v) is 14.0. The van der Waals surface area contributed by atoms with Crippen molar-refractivity contribution in [3.05, 3.63) is 57.0 Å². The van der Waals surface area contributed by atoms with Gasteiger partial charge in [-0.05, 0) is 62.2 Å². The molecule has 2 aromatic carbocycles. The molecule has 102 valence electrons. The third-order valence-corrected chi connectivity index (χ3v) is 5.14. The highest BCUT2D eigenvalue weighted by Gasteiger charge is 2.17. The summed E-state index contributed by atoms with van der Waals surface area (Å²) in [6.07, 6.45) is 0. The second kappa shape index (κ2) is 5.95. The Morgan fingerprint density at radius 1 is 1.05 bits per heavy atom. The first-order chi connectivity index (χ1) is 9.44. The molecule has 0 saturated carbocycles. The predicted octanol–water partition coefficient (Wildman–Crippen LogP) is 3.88. The van der Waals surface area contributed by atoms with Gasteiger partial charge in [-0.25, -0.2) is 8.42 Å². The van der Waals surface area contributed by atoms with Crippen LogP contribution in [0.2, 0.25) is 0 Å². The van der Waals surface area contributed by atoms with Crippen molar-refractivity contribution in [1.29, 1.82) is 5.26 Å². The van der Waals surface area contributed by atoms with Gasteiger partial charge in [0.05, 0.1) is 22.2 Å². The van der Waals surface area contributed by atoms with E-state index in [1.165, 1.54) is 18.2 Å². The molecule has 1 N–H and O–H groups in total. The van der Waals surface area contributed by atoms with Crippen LogP contribution in [0.5, 0.6) is 0 Å². The number of anilines is 1. The number of nitrogens with zero attached hydrogens (tertiary/aromatic N) is 1. The summed E-state index contributed by atoms with van der Waals surface area (Å²) in [5.74, 6) is 0. The Bertz CT molecular complexity index is 778. The minimum absolute atomic E-state index is 0.0409. The number of hydrogen-bond donors (Lipinski definition) is 1. The van der Waals surface area contributed by atoms with Crippen LogP contribution in [0.15, 0.2) is 56.3 Å². The smallest absolute Gasteiger partial charge is 0.262 e. The van der Waals surface area contributed by atoms with Crippen LogP contribution in [0.1, 0.15) is 5.56 Å². The van der Waals surface area contributed by atoms with Gasteiger partial charge in [0.15, 0.2) is 0 Å². The summed E-state index contributed by atoms with van der Waals surface area (Å²) in [6.45, 7) is 0. The van der Waals surface area contributed by atoms with Gasteiger partial charge in [0.25, 0.3) is 10.0 Å². The van der Waals surface area contributed by atoms with E-state index < -0.39 is 10.0 Å². The van der Waals surface area contributed by atoms with E-state index in [0.29, 0.717) is 20.2 Å². The molecule has 2 aromatic rings. The molecule has 0 radical (unpaired) electrons. The average molecular weight is 416 g/mol. The maximum Gasteiger partial charge on any atom is 0.262 e. The summed E-state index contributed by atoms with van der Waals surface area (Å²) < 4.78 is 28.4. The summed E-state index contributed by atoms with van der Waals surface area (Å²) in [7, 11) is -3.75. The average Bonchev–Trinajstić information content (AvgIpc) is 2.43. The van der Waals surface area contributed by atoms with Gasteiger partial charge < -0.3 is 0 Å². The first kappa shape index (κ1) is 15.0. The minimum atomic E-state index is -3.75. The van der Waals surface area contributed by atoms with Gasteiger partial charge in [0.1, 0.15) is 0 Å². The molecule has 0 atom stereocenters. The van der Waals surface area contributed by atoms with Crippen molar-refractivity contribution in [2.75, 3.05) is 4.72 Å². The fraction of sp³-hybridized carbons (Fsp3) is 0. The second-order valence-corrected chi connectivity index (χ2v) is 7.23. The molecule has 0 bridgehead atoms. The van der Waals surface area contributed by atoms with Gasteiger partial charge in [0, 0.05) is 8.95 Å². The molecular formula is C13H8Br2N2O2S. The lowest BCUT2D eigenvalue weighted by Gasteiger charge is -2.11. The molecule has 7 heteroatoms. The summed E-state index contributed by atoms with van der Waals surface area (Å²) in [6, 6.07) is 13.0. The number of nitrogens with one attached hydrogen (secondary N) is 1. The monoisotopic (exact) mass is 414 g/mol. The Labute approximate surface area is 133 Å². The van der Waals surface area contributed by atoms with Gasteiger partial charge in [-0.3, -0.25) is 4.72 Å². The molecule has 0 aromatic heterocycles. The molecule has 0 aliphatic carbocycles. The van der Waals surface area contributed by atoms with Crippen LogP contribution in [0.3, 0.4) is 0 Å². The van der Waals surface area contributed by atoms with Crippen LogP contribution in [0.4, 0.5) is 5.69 Å². The lowest BCUT2D eigenvalue weighted by Crippen LogP contribution is -2.13. The number of nitriles is 1. The molecule has 0 fully saturated rings. The molecule has 2 rings (SSSR count). The molecule has 0 amide bonds. The van der Waals surface area contributed by atoms with E-state index in [4.69, 9.17) is 5.26 Å². The Hall–Kier alpha value is -1.36. The number of rotatable bonds is 3.